The van der Waals surface area contributed by atoms with Gasteiger partial charge in [0.05, 0.1) is 0 Å². The van der Waals surface area contributed by atoms with Crippen molar-refractivity contribution in [1.29, 1.82) is 0 Å². The number of furan rings is 2. The second-order valence-corrected chi connectivity index (χ2v) is 13.4. The van der Waals surface area contributed by atoms with E-state index in [1.807, 2.05) is 42.5 Å². The highest BCUT2D eigenvalue weighted by atomic mass is 16.3. The molecule has 3 aromatic heterocycles. The minimum absolute atomic E-state index is 0.592. The van der Waals surface area contributed by atoms with E-state index in [0.29, 0.717) is 17.5 Å². The summed E-state index contributed by atoms with van der Waals surface area (Å²) in [5.74, 6) is 2.72. The Bertz CT molecular complexity index is 3080. The minimum atomic E-state index is 0.592. The largest absolute Gasteiger partial charge is 0.456 e. The molecule has 0 atom stereocenters. The van der Waals surface area contributed by atoms with Crippen molar-refractivity contribution in [2.24, 2.45) is 0 Å². The standard InChI is InChI=1S/C47H29N3O2/c1-2-11-28(12-3-1)32-16-8-13-30-25-23-29-24-26-31(27-37(29)42(30)32)45-48-46(35-17-9-21-40-43(35)33-14-4-6-19-38(33)51-40)50-47(49-45)36-18-10-22-41-44(36)34-15-5-7-20-39(34)52-41/h1-4,6-14,16-27H,5,15H2. The number of hydrogen-bond donors (Lipinski definition) is 0. The Morgan fingerprint density at radius 2 is 1.12 bits per heavy atom. The van der Waals surface area contributed by atoms with Crippen LogP contribution in [0.4, 0.5) is 0 Å². The maximum Gasteiger partial charge on any atom is 0.164 e. The molecule has 1 aliphatic rings. The first-order chi connectivity index (χ1) is 25.8. The van der Waals surface area contributed by atoms with E-state index < -0.39 is 0 Å². The van der Waals surface area contributed by atoms with Crippen LogP contribution in [0.25, 0.3) is 106 Å². The van der Waals surface area contributed by atoms with Gasteiger partial charge in [0.15, 0.2) is 17.5 Å². The molecule has 0 N–H and O–H groups in total. The van der Waals surface area contributed by atoms with Gasteiger partial charge in [-0.05, 0) is 75.9 Å². The van der Waals surface area contributed by atoms with Crippen molar-refractivity contribution in [3.63, 3.8) is 0 Å². The molecule has 5 heteroatoms. The summed E-state index contributed by atoms with van der Waals surface area (Å²) >= 11 is 0. The molecule has 0 spiro atoms. The zero-order chi connectivity index (χ0) is 34.2. The molecule has 0 bridgehead atoms. The van der Waals surface area contributed by atoms with Gasteiger partial charge in [-0.2, -0.15) is 0 Å². The Hall–Kier alpha value is -6.85. The van der Waals surface area contributed by atoms with Crippen LogP contribution >= 0.6 is 0 Å². The van der Waals surface area contributed by atoms with Gasteiger partial charge in [-0.1, -0.05) is 121 Å². The number of para-hydroxylation sites is 1. The van der Waals surface area contributed by atoms with Crippen LogP contribution in [0.5, 0.6) is 0 Å². The summed E-state index contributed by atoms with van der Waals surface area (Å²) in [5, 5.41) is 7.79. The molecule has 10 aromatic rings. The zero-order valence-corrected chi connectivity index (χ0v) is 28.0. The molecule has 0 radical (unpaired) electrons. The quantitative estimate of drug-likeness (QED) is 0.175. The van der Waals surface area contributed by atoms with E-state index in [2.05, 4.69) is 109 Å². The lowest BCUT2D eigenvalue weighted by molar-refractivity contribution is 0.595. The molecule has 1 aliphatic carbocycles. The molecule has 52 heavy (non-hydrogen) atoms. The second kappa shape index (κ2) is 11.3. The Balaban J connectivity index is 1.20. The number of aromatic nitrogens is 3. The topological polar surface area (TPSA) is 65.0 Å². The first-order valence-electron chi connectivity index (χ1n) is 17.7. The lowest BCUT2D eigenvalue weighted by Crippen LogP contribution is -2.01. The molecule has 0 amide bonds. The first kappa shape index (κ1) is 28.9. The average Bonchev–Trinajstić information content (AvgIpc) is 3.79. The van der Waals surface area contributed by atoms with Crippen LogP contribution < -0.4 is 0 Å². The van der Waals surface area contributed by atoms with Gasteiger partial charge in [0.1, 0.15) is 22.5 Å². The van der Waals surface area contributed by atoms with E-state index in [4.69, 9.17) is 23.8 Å². The molecular weight excluding hydrogens is 639 g/mol. The van der Waals surface area contributed by atoms with Crippen molar-refractivity contribution in [1.82, 2.24) is 15.0 Å². The Morgan fingerprint density at radius 1 is 0.442 bits per heavy atom. The van der Waals surface area contributed by atoms with E-state index >= 15 is 0 Å². The molecule has 244 valence electrons. The fourth-order valence-corrected chi connectivity index (χ4v) is 8.03. The van der Waals surface area contributed by atoms with E-state index in [9.17, 15) is 0 Å². The first-order valence-corrected chi connectivity index (χ1v) is 17.7. The predicted octanol–water partition coefficient (Wildman–Crippen LogP) is 12.5. The zero-order valence-electron chi connectivity index (χ0n) is 28.0. The molecule has 0 fully saturated rings. The minimum Gasteiger partial charge on any atom is -0.456 e. The van der Waals surface area contributed by atoms with Crippen LogP contribution in [0, 0.1) is 0 Å². The van der Waals surface area contributed by atoms with Crippen molar-refractivity contribution < 1.29 is 8.83 Å². The van der Waals surface area contributed by atoms with Gasteiger partial charge in [0.25, 0.3) is 0 Å². The summed E-state index contributed by atoms with van der Waals surface area (Å²) < 4.78 is 12.6. The third kappa shape index (κ3) is 4.46. The summed E-state index contributed by atoms with van der Waals surface area (Å²) in [6.07, 6.45) is 6.13. The molecule has 7 aromatic carbocycles. The second-order valence-electron chi connectivity index (χ2n) is 13.4. The van der Waals surface area contributed by atoms with Gasteiger partial charge in [0.2, 0.25) is 0 Å². The van der Waals surface area contributed by atoms with Gasteiger partial charge in [0, 0.05) is 38.4 Å². The van der Waals surface area contributed by atoms with E-state index in [0.717, 1.165) is 79.0 Å². The third-order valence-corrected chi connectivity index (χ3v) is 10.4. The van der Waals surface area contributed by atoms with Gasteiger partial charge < -0.3 is 8.83 Å². The fourth-order valence-electron chi connectivity index (χ4n) is 8.03. The molecule has 0 unspecified atom stereocenters. The normalized spacial score (nSPS) is 12.8. The number of rotatable bonds is 4. The summed E-state index contributed by atoms with van der Waals surface area (Å²) in [5.41, 5.74) is 8.80. The maximum atomic E-state index is 6.34. The van der Waals surface area contributed by atoms with E-state index in [1.54, 1.807) is 0 Å². The number of allylic oxidation sites excluding steroid dienone is 1. The number of benzene rings is 7. The van der Waals surface area contributed by atoms with Crippen molar-refractivity contribution in [2.75, 3.05) is 0 Å². The third-order valence-electron chi connectivity index (χ3n) is 10.4. The van der Waals surface area contributed by atoms with Crippen molar-refractivity contribution in [2.45, 2.75) is 12.8 Å². The Morgan fingerprint density at radius 3 is 1.98 bits per heavy atom. The smallest absolute Gasteiger partial charge is 0.164 e. The summed E-state index contributed by atoms with van der Waals surface area (Å²) in [4.78, 5) is 15.8. The average molecular weight is 668 g/mol. The molecule has 0 saturated carbocycles. The van der Waals surface area contributed by atoms with Crippen LogP contribution in [0.1, 0.15) is 17.7 Å². The summed E-state index contributed by atoms with van der Waals surface area (Å²) in [6.45, 7) is 0. The lowest BCUT2D eigenvalue weighted by atomic mass is 9.93. The fraction of sp³-hybridized carbons (Fsp3) is 0.0426. The highest BCUT2D eigenvalue weighted by Crippen LogP contribution is 2.41. The number of aryl methyl sites for hydroxylation is 1. The molecule has 0 aliphatic heterocycles. The van der Waals surface area contributed by atoms with Gasteiger partial charge in [-0.15, -0.1) is 0 Å². The predicted molar refractivity (Wildman–Crippen MR) is 211 cm³/mol. The number of hydrogen-bond acceptors (Lipinski definition) is 5. The van der Waals surface area contributed by atoms with Crippen LogP contribution in [-0.4, -0.2) is 15.0 Å². The van der Waals surface area contributed by atoms with Gasteiger partial charge in [-0.3, -0.25) is 0 Å². The molecule has 3 heterocycles. The van der Waals surface area contributed by atoms with Crippen LogP contribution in [-0.2, 0) is 6.42 Å². The monoisotopic (exact) mass is 667 g/mol. The van der Waals surface area contributed by atoms with Crippen LogP contribution in [0.3, 0.4) is 0 Å². The summed E-state index contributed by atoms with van der Waals surface area (Å²) in [7, 11) is 0. The molecule has 5 nitrogen and oxygen atoms in total. The van der Waals surface area contributed by atoms with Gasteiger partial charge in [-0.25, -0.2) is 15.0 Å². The highest BCUT2D eigenvalue weighted by molar-refractivity contribution is 6.15. The van der Waals surface area contributed by atoms with Crippen LogP contribution in [0.15, 0.2) is 154 Å². The van der Waals surface area contributed by atoms with E-state index in [-0.39, 0.29) is 0 Å². The van der Waals surface area contributed by atoms with Crippen molar-refractivity contribution in [3.8, 4) is 45.3 Å². The Labute approximate surface area is 298 Å². The van der Waals surface area contributed by atoms with Crippen molar-refractivity contribution in [3.05, 3.63) is 157 Å². The number of fused-ring (bicyclic) bond motifs is 9. The summed E-state index contributed by atoms with van der Waals surface area (Å²) in [6, 6.07) is 48.5. The lowest BCUT2D eigenvalue weighted by Gasteiger charge is -2.13. The van der Waals surface area contributed by atoms with Gasteiger partial charge >= 0.3 is 0 Å². The van der Waals surface area contributed by atoms with E-state index in [1.165, 1.54) is 27.5 Å². The molecular formula is C47H29N3O2. The maximum absolute atomic E-state index is 6.34. The Kier molecular flexibility index (Phi) is 6.31. The molecule has 0 saturated heterocycles. The van der Waals surface area contributed by atoms with Crippen molar-refractivity contribution >= 4 is 60.5 Å². The number of nitrogens with zero attached hydrogens (tertiary/aromatic N) is 3. The SMILES string of the molecule is C1=Cc2oc3cccc(-c4nc(-c5ccc6ccc7cccc(-c8ccccc8)c7c6c5)nc(-c5cccc6oc7ccccc7c56)n4)c3c2CC1. The van der Waals surface area contributed by atoms with Crippen LogP contribution in [0.2, 0.25) is 0 Å². The molecule has 11 rings (SSSR count). The highest BCUT2D eigenvalue weighted by Gasteiger charge is 2.23.